The van der Waals surface area contributed by atoms with Crippen molar-refractivity contribution in [3.63, 3.8) is 0 Å². The summed E-state index contributed by atoms with van der Waals surface area (Å²) in [4.78, 5) is 0. The maximum atomic E-state index is 5.45. The highest BCUT2D eigenvalue weighted by Gasteiger charge is 2.11. The normalized spacial score (nSPS) is 12.4. The molecule has 17 heavy (non-hydrogen) atoms. The van der Waals surface area contributed by atoms with Gasteiger partial charge in [0.1, 0.15) is 5.76 Å². The van der Waals surface area contributed by atoms with Crippen molar-refractivity contribution in [2.45, 2.75) is 33.2 Å². The van der Waals surface area contributed by atoms with Crippen LogP contribution in [-0.2, 0) is 0 Å². The first-order valence-electron chi connectivity index (χ1n) is 6.08. The lowest BCUT2D eigenvalue weighted by Gasteiger charge is -2.16. The Labute approximate surface area is 103 Å². The molecule has 0 aliphatic rings. The van der Waals surface area contributed by atoms with Crippen LogP contribution < -0.4 is 5.32 Å². The molecule has 90 valence electrons. The van der Waals surface area contributed by atoms with Gasteiger partial charge >= 0.3 is 0 Å². The van der Waals surface area contributed by atoms with E-state index in [1.807, 2.05) is 12.1 Å². The minimum atomic E-state index is 0.243. The monoisotopic (exact) mass is 229 g/mol. The first kappa shape index (κ1) is 11.8. The predicted octanol–water partition coefficient (Wildman–Crippen LogP) is 4.46. The summed E-state index contributed by atoms with van der Waals surface area (Å²) in [5, 5.41) is 3.51. The number of rotatable bonds is 4. The molecule has 0 radical (unpaired) electrons. The quantitative estimate of drug-likeness (QED) is 0.837. The van der Waals surface area contributed by atoms with Crippen molar-refractivity contribution in [1.82, 2.24) is 0 Å². The molecule has 1 unspecified atom stereocenters. The van der Waals surface area contributed by atoms with Crippen molar-refractivity contribution in [3.05, 3.63) is 53.5 Å². The zero-order valence-corrected chi connectivity index (χ0v) is 10.7. The van der Waals surface area contributed by atoms with E-state index in [4.69, 9.17) is 4.42 Å². The van der Waals surface area contributed by atoms with Gasteiger partial charge in [0, 0.05) is 5.69 Å². The van der Waals surface area contributed by atoms with E-state index in [1.54, 1.807) is 6.26 Å². The van der Waals surface area contributed by atoms with Gasteiger partial charge in [0.15, 0.2) is 0 Å². The molecular formula is C15H19NO. The fraction of sp³-hybridized carbons (Fsp3) is 0.333. The average Bonchev–Trinajstić information content (AvgIpc) is 2.84. The maximum Gasteiger partial charge on any atom is 0.125 e. The van der Waals surface area contributed by atoms with E-state index in [-0.39, 0.29) is 6.04 Å². The Morgan fingerprint density at radius 1 is 1.18 bits per heavy atom. The van der Waals surface area contributed by atoms with E-state index in [0.717, 1.165) is 17.9 Å². The van der Waals surface area contributed by atoms with Crippen LogP contribution in [0.1, 0.15) is 36.3 Å². The lowest BCUT2D eigenvalue weighted by atomic mass is 10.1. The minimum absolute atomic E-state index is 0.243. The summed E-state index contributed by atoms with van der Waals surface area (Å²) in [7, 11) is 0. The van der Waals surface area contributed by atoms with Crippen molar-refractivity contribution in [1.29, 1.82) is 0 Å². The van der Waals surface area contributed by atoms with Crippen LogP contribution in [-0.4, -0.2) is 0 Å². The summed E-state index contributed by atoms with van der Waals surface area (Å²) in [6, 6.07) is 10.6. The zero-order valence-electron chi connectivity index (χ0n) is 10.7. The molecule has 1 heterocycles. The predicted molar refractivity (Wildman–Crippen MR) is 71.3 cm³/mol. The third-order valence-corrected chi connectivity index (χ3v) is 3.14. The molecule has 2 aromatic rings. The number of anilines is 1. The van der Waals surface area contributed by atoms with Gasteiger partial charge in [0.05, 0.1) is 12.3 Å². The van der Waals surface area contributed by atoms with E-state index in [9.17, 15) is 0 Å². The number of hydrogen-bond donors (Lipinski definition) is 1. The Balaban J connectivity index is 2.16. The topological polar surface area (TPSA) is 25.2 Å². The Hall–Kier alpha value is -1.70. The molecule has 0 aliphatic carbocycles. The van der Waals surface area contributed by atoms with Gasteiger partial charge in [-0.3, -0.25) is 0 Å². The second kappa shape index (κ2) is 5.09. The van der Waals surface area contributed by atoms with Crippen molar-refractivity contribution in [2.24, 2.45) is 0 Å². The van der Waals surface area contributed by atoms with Crippen molar-refractivity contribution >= 4 is 5.69 Å². The van der Waals surface area contributed by atoms with E-state index >= 15 is 0 Å². The van der Waals surface area contributed by atoms with Crippen LogP contribution in [0.2, 0.25) is 0 Å². The number of aryl methyl sites for hydroxylation is 2. The van der Waals surface area contributed by atoms with E-state index in [0.29, 0.717) is 0 Å². The van der Waals surface area contributed by atoms with Crippen molar-refractivity contribution in [2.75, 3.05) is 5.32 Å². The number of benzene rings is 1. The van der Waals surface area contributed by atoms with Gasteiger partial charge in [0.25, 0.3) is 0 Å². The molecule has 1 atom stereocenters. The van der Waals surface area contributed by atoms with Gasteiger partial charge in [0.2, 0.25) is 0 Å². The summed E-state index contributed by atoms with van der Waals surface area (Å²) in [6.45, 7) is 6.42. The Bertz CT molecular complexity index is 474. The Morgan fingerprint density at radius 3 is 2.59 bits per heavy atom. The Morgan fingerprint density at radius 2 is 2.00 bits per heavy atom. The minimum Gasteiger partial charge on any atom is -0.467 e. The zero-order chi connectivity index (χ0) is 12.3. The van der Waals surface area contributed by atoms with Crippen LogP contribution in [0.4, 0.5) is 5.69 Å². The molecule has 2 rings (SSSR count). The maximum absolute atomic E-state index is 5.45. The van der Waals surface area contributed by atoms with Gasteiger partial charge in [-0.2, -0.15) is 0 Å². The standard InChI is InChI=1S/C15H19NO/c1-4-14(15-6-5-9-17-15)16-13-8-7-11(2)12(3)10-13/h5-10,14,16H,4H2,1-3H3. The molecule has 0 saturated carbocycles. The van der Waals surface area contributed by atoms with Gasteiger partial charge in [-0.25, -0.2) is 0 Å². The first-order chi connectivity index (χ1) is 8.20. The van der Waals surface area contributed by atoms with Gasteiger partial charge < -0.3 is 9.73 Å². The molecule has 1 aromatic heterocycles. The molecule has 0 saturated heterocycles. The van der Waals surface area contributed by atoms with Gasteiger partial charge in [-0.05, 0) is 55.7 Å². The molecule has 2 nitrogen and oxygen atoms in total. The number of nitrogens with one attached hydrogen (secondary N) is 1. The molecule has 0 spiro atoms. The van der Waals surface area contributed by atoms with Crippen LogP contribution in [0.25, 0.3) is 0 Å². The van der Waals surface area contributed by atoms with Crippen LogP contribution in [0.3, 0.4) is 0 Å². The summed E-state index contributed by atoms with van der Waals surface area (Å²) in [5.74, 6) is 0.991. The number of hydrogen-bond acceptors (Lipinski definition) is 2. The van der Waals surface area contributed by atoms with Crippen molar-refractivity contribution in [3.8, 4) is 0 Å². The molecule has 1 aromatic carbocycles. The van der Waals surface area contributed by atoms with Crippen LogP contribution in [0.15, 0.2) is 41.0 Å². The highest BCUT2D eigenvalue weighted by molar-refractivity contribution is 5.49. The summed E-state index contributed by atoms with van der Waals surface area (Å²) in [5.41, 5.74) is 3.78. The van der Waals surface area contributed by atoms with E-state index in [1.165, 1.54) is 11.1 Å². The molecular weight excluding hydrogens is 210 g/mol. The fourth-order valence-corrected chi connectivity index (χ4v) is 1.90. The van der Waals surface area contributed by atoms with Crippen molar-refractivity contribution < 1.29 is 4.42 Å². The molecule has 0 bridgehead atoms. The fourth-order valence-electron chi connectivity index (χ4n) is 1.90. The lowest BCUT2D eigenvalue weighted by molar-refractivity contribution is 0.474. The van der Waals surface area contributed by atoms with Crippen LogP contribution >= 0.6 is 0 Å². The molecule has 1 N–H and O–H groups in total. The van der Waals surface area contributed by atoms with Gasteiger partial charge in [-0.1, -0.05) is 13.0 Å². The first-order valence-corrected chi connectivity index (χ1v) is 6.08. The number of furan rings is 1. The van der Waals surface area contributed by atoms with E-state index < -0.39 is 0 Å². The third kappa shape index (κ3) is 2.70. The summed E-state index contributed by atoms with van der Waals surface area (Å²) in [6.07, 6.45) is 2.72. The highest BCUT2D eigenvalue weighted by Crippen LogP contribution is 2.24. The molecule has 0 aliphatic heterocycles. The third-order valence-electron chi connectivity index (χ3n) is 3.14. The second-order valence-electron chi connectivity index (χ2n) is 4.42. The van der Waals surface area contributed by atoms with Gasteiger partial charge in [-0.15, -0.1) is 0 Å². The molecule has 2 heteroatoms. The van der Waals surface area contributed by atoms with Crippen LogP contribution in [0.5, 0.6) is 0 Å². The summed E-state index contributed by atoms with van der Waals surface area (Å²) < 4.78 is 5.45. The second-order valence-corrected chi connectivity index (χ2v) is 4.42. The summed E-state index contributed by atoms with van der Waals surface area (Å²) >= 11 is 0. The van der Waals surface area contributed by atoms with Crippen LogP contribution in [0, 0.1) is 13.8 Å². The molecule has 0 fully saturated rings. The largest absolute Gasteiger partial charge is 0.467 e. The smallest absolute Gasteiger partial charge is 0.125 e. The van der Waals surface area contributed by atoms with E-state index in [2.05, 4.69) is 44.3 Å². The average molecular weight is 229 g/mol. The SMILES string of the molecule is CCC(Nc1ccc(C)c(C)c1)c1ccco1. The lowest BCUT2D eigenvalue weighted by Crippen LogP contribution is -2.08. The molecule has 0 amide bonds. The highest BCUT2D eigenvalue weighted by atomic mass is 16.3. The Kier molecular flexibility index (Phi) is 3.52.